The van der Waals surface area contributed by atoms with Crippen LogP contribution in [0.15, 0.2) is 29.5 Å². The highest BCUT2D eigenvalue weighted by Crippen LogP contribution is 2.35. The van der Waals surface area contributed by atoms with E-state index in [1.807, 2.05) is 6.92 Å². The molecule has 1 aromatic carbocycles. The second-order valence-corrected chi connectivity index (χ2v) is 6.40. The van der Waals surface area contributed by atoms with Crippen molar-refractivity contribution in [2.45, 2.75) is 57.8 Å². The van der Waals surface area contributed by atoms with Gasteiger partial charge in [-0.2, -0.15) is 0 Å². The van der Waals surface area contributed by atoms with Gasteiger partial charge in [-0.25, -0.2) is 0 Å². The van der Waals surface area contributed by atoms with Crippen LogP contribution in [0.4, 0.5) is 0 Å². The van der Waals surface area contributed by atoms with E-state index in [0.29, 0.717) is 19.3 Å². The summed E-state index contributed by atoms with van der Waals surface area (Å²) in [5.41, 5.74) is 3.92. The SMILES string of the molecule is CCCC(O)=C1C(=O)CC(c2ccc3c(c2)CCC3)CC1=O. The van der Waals surface area contributed by atoms with Crippen molar-refractivity contribution in [2.24, 2.45) is 0 Å². The number of aliphatic hydroxyl groups is 1. The number of carbonyl (C=O) groups excluding carboxylic acids is 2. The highest BCUT2D eigenvalue weighted by molar-refractivity contribution is 6.22. The molecule has 0 spiro atoms. The van der Waals surface area contributed by atoms with E-state index < -0.39 is 0 Å². The van der Waals surface area contributed by atoms with Crippen molar-refractivity contribution in [1.82, 2.24) is 0 Å². The van der Waals surface area contributed by atoms with Crippen LogP contribution in [0.25, 0.3) is 0 Å². The molecule has 3 heteroatoms. The first-order valence-corrected chi connectivity index (χ1v) is 8.20. The van der Waals surface area contributed by atoms with Crippen molar-refractivity contribution in [3.8, 4) is 0 Å². The van der Waals surface area contributed by atoms with E-state index >= 15 is 0 Å². The Morgan fingerprint density at radius 1 is 1.14 bits per heavy atom. The number of hydrogen-bond donors (Lipinski definition) is 1. The van der Waals surface area contributed by atoms with Gasteiger partial charge in [0.1, 0.15) is 5.76 Å². The van der Waals surface area contributed by atoms with Crippen molar-refractivity contribution in [3.63, 3.8) is 0 Å². The van der Waals surface area contributed by atoms with Crippen LogP contribution >= 0.6 is 0 Å². The molecule has 0 aromatic heterocycles. The first-order valence-electron chi connectivity index (χ1n) is 8.20. The number of benzene rings is 1. The van der Waals surface area contributed by atoms with Crippen molar-refractivity contribution in [2.75, 3.05) is 0 Å². The van der Waals surface area contributed by atoms with Crippen molar-refractivity contribution in [1.29, 1.82) is 0 Å². The Morgan fingerprint density at radius 3 is 2.50 bits per heavy atom. The van der Waals surface area contributed by atoms with Crippen LogP contribution in [0.2, 0.25) is 0 Å². The van der Waals surface area contributed by atoms with E-state index in [1.54, 1.807) is 0 Å². The zero-order valence-corrected chi connectivity index (χ0v) is 13.0. The Morgan fingerprint density at radius 2 is 1.82 bits per heavy atom. The Labute approximate surface area is 131 Å². The van der Waals surface area contributed by atoms with Gasteiger partial charge in [0, 0.05) is 19.3 Å². The summed E-state index contributed by atoms with van der Waals surface area (Å²) in [6, 6.07) is 6.39. The van der Waals surface area contributed by atoms with E-state index in [9.17, 15) is 14.7 Å². The van der Waals surface area contributed by atoms with E-state index in [2.05, 4.69) is 18.2 Å². The van der Waals surface area contributed by atoms with Crippen LogP contribution in [-0.4, -0.2) is 16.7 Å². The summed E-state index contributed by atoms with van der Waals surface area (Å²) in [5.74, 6) is -0.464. The maximum Gasteiger partial charge on any atom is 0.170 e. The molecule has 116 valence electrons. The summed E-state index contributed by atoms with van der Waals surface area (Å²) in [5, 5.41) is 9.94. The van der Waals surface area contributed by atoms with Gasteiger partial charge in [0.25, 0.3) is 0 Å². The average molecular weight is 298 g/mol. The number of aryl methyl sites for hydroxylation is 2. The molecule has 1 saturated carbocycles. The molecule has 3 nitrogen and oxygen atoms in total. The minimum atomic E-state index is -0.201. The zero-order valence-electron chi connectivity index (χ0n) is 13.0. The predicted molar refractivity (Wildman–Crippen MR) is 85.0 cm³/mol. The molecule has 0 aliphatic heterocycles. The fourth-order valence-corrected chi connectivity index (χ4v) is 3.64. The quantitative estimate of drug-likeness (QED) is 0.524. The number of carbonyl (C=O) groups is 2. The molecule has 2 aliphatic carbocycles. The lowest BCUT2D eigenvalue weighted by atomic mass is 9.78. The zero-order chi connectivity index (χ0) is 15.7. The molecular weight excluding hydrogens is 276 g/mol. The van der Waals surface area contributed by atoms with Crippen LogP contribution in [0.1, 0.15) is 61.6 Å². The molecule has 2 aliphatic rings. The van der Waals surface area contributed by atoms with Crippen molar-refractivity contribution < 1.29 is 14.7 Å². The third-order valence-electron chi connectivity index (χ3n) is 4.79. The van der Waals surface area contributed by atoms with Crippen LogP contribution in [0.5, 0.6) is 0 Å². The largest absolute Gasteiger partial charge is 0.511 e. The second kappa shape index (κ2) is 6.07. The minimum absolute atomic E-state index is 0.0232. The Balaban J connectivity index is 1.83. The molecule has 0 amide bonds. The molecule has 0 saturated heterocycles. The predicted octanol–water partition coefficient (Wildman–Crippen LogP) is 3.80. The minimum Gasteiger partial charge on any atom is -0.511 e. The van der Waals surface area contributed by atoms with E-state index in [1.165, 1.54) is 17.5 Å². The number of hydrogen-bond acceptors (Lipinski definition) is 3. The van der Waals surface area contributed by atoms with Crippen LogP contribution in [-0.2, 0) is 22.4 Å². The Bertz CT molecular complexity index is 635. The molecule has 0 unspecified atom stereocenters. The second-order valence-electron chi connectivity index (χ2n) is 6.40. The van der Waals surface area contributed by atoms with Crippen LogP contribution in [0, 0.1) is 0 Å². The standard InChI is InChI=1S/C19H22O3/c1-2-4-16(20)19-17(21)10-15(11-18(19)22)14-8-7-12-5-3-6-13(12)9-14/h7-9,15,20H,2-6,10-11H2,1H3. The molecule has 0 heterocycles. The number of ketones is 2. The molecule has 22 heavy (non-hydrogen) atoms. The maximum atomic E-state index is 12.3. The number of rotatable bonds is 3. The summed E-state index contributed by atoms with van der Waals surface area (Å²) in [6.07, 6.45) is 5.21. The Hall–Kier alpha value is -1.90. The van der Waals surface area contributed by atoms with Gasteiger partial charge in [-0.05, 0) is 48.3 Å². The van der Waals surface area contributed by atoms with Gasteiger partial charge >= 0.3 is 0 Å². The van der Waals surface area contributed by atoms with Gasteiger partial charge in [0.2, 0.25) is 0 Å². The first-order chi connectivity index (χ1) is 10.6. The number of aliphatic hydroxyl groups excluding tert-OH is 1. The lowest BCUT2D eigenvalue weighted by Crippen LogP contribution is -2.26. The van der Waals surface area contributed by atoms with Crippen molar-refractivity contribution >= 4 is 11.6 Å². The molecule has 1 N–H and O–H groups in total. The smallest absolute Gasteiger partial charge is 0.170 e. The topological polar surface area (TPSA) is 54.4 Å². The summed E-state index contributed by atoms with van der Waals surface area (Å²) >= 11 is 0. The molecule has 1 aromatic rings. The Kier molecular flexibility index (Phi) is 4.14. The molecule has 1 fully saturated rings. The molecular formula is C19H22O3. The highest BCUT2D eigenvalue weighted by Gasteiger charge is 2.33. The number of fused-ring (bicyclic) bond motifs is 1. The van der Waals surface area contributed by atoms with E-state index in [4.69, 9.17) is 0 Å². The number of Topliss-reactive ketones (excluding diaryl/α,β-unsaturated/α-hetero) is 2. The van der Waals surface area contributed by atoms with Gasteiger partial charge in [0.05, 0.1) is 5.57 Å². The summed E-state index contributed by atoms with van der Waals surface area (Å²) in [4.78, 5) is 24.6. The molecule has 0 radical (unpaired) electrons. The van der Waals surface area contributed by atoms with Crippen LogP contribution < -0.4 is 0 Å². The van der Waals surface area contributed by atoms with Gasteiger partial charge < -0.3 is 5.11 Å². The fourth-order valence-electron chi connectivity index (χ4n) is 3.64. The monoisotopic (exact) mass is 298 g/mol. The summed E-state index contributed by atoms with van der Waals surface area (Å²) in [6.45, 7) is 1.92. The third-order valence-corrected chi connectivity index (χ3v) is 4.79. The summed E-state index contributed by atoms with van der Waals surface area (Å²) in [7, 11) is 0. The fraction of sp³-hybridized carbons (Fsp3) is 0.474. The summed E-state index contributed by atoms with van der Waals surface area (Å²) < 4.78 is 0. The number of allylic oxidation sites excluding steroid dienone is 2. The maximum absolute atomic E-state index is 12.3. The van der Waals surface area contributed by atoms with Crippen molar-refractivity contribution in [3.05, 3.63) is 46.2 Å². The molecule has 0 atom stereocenters. The van der Waals surface area contributed by atoms with Gasteiger partial charge in [-0.3, -0.25) is 9.59 Å². The normalized spacial score (nSPS) is 21.1. The highest BCUT2D eigenvalue weighted by atomic mass is 16.3. The van der Waals surface area contributed by atoms with E-state index in [0.717, 1.165) is 24.8 Å². The molecule has 3 rings (SSSR count). The molecule has 0 bridgehead atoms. The average Bonchev–Trinajstić information content (AvgIpc) is 2.94. The lowest BCUT2D eigenvalue weighted by molar-refractivity contribution is -0.124. The van der Waals surface area contributed by atoms with Crippen LogP contribution in [0.3, 0.4) is 0 Å². The first kappa shape index (κ1) is 15.0. The van der Waals surface area contributed by atoms with Gasteiger partial charge in [-0.1, -0.05) is 25.1 Å². The van der Waals surface area contributed by atoms with Gasteiger partial charge in [0.15, 0.2) is 11.6 Å². The van der Waals surface area contributed by atoms with E-state index in [-0.39, 0.29) is 28.8 Å². The third kappa shape index (κ3) is 2.72. The van der Waals surface area contributed by atoms with Gasteiger partial charge in [-0.15, -0.1) is 0 Å². The lowest BCUT2D eigenvalue weighted by Gasteiger charge is -2.23.